The van der Waals surface area contributed by atoms with Gasteiger partial charge in [-0.1, -0.05) is 13.0 Å². The molecule has 2 N–H and O–H groups in total. The molecule has 0 saturated carbocycles. The molecular formula is C15H31NO6S. The number of rotatable bonds is 13. The van der Waals surface area contributed by atoms with Crippen LogP contribution in [0.15, 0.2) is 12.7 Å². The van der Waals surface area contributed by atoms with Gasteiger partial charge in [-0.25, -0.2) is 4.79 Å². The fourth-order valence-electron chi connectivity index (χ4n) is 2.16. The Hall–Kier alpha value is -0.960. The molecule has 0 aliphatic carbocycles. The molecule has 0 amide bonds. The molecule has 0 unspecified atom stereocenters. The molecule has 0 saturated heterocycles. The van der Waals surface area contributed by atoms with Crippen molar-refractivity contribution in [2.24, 2.45) is 0 Å². The number of unbranched alkanes of at least 4 members (excludes halogenated alkanes) is 4. The molecule has 8 heteroatoms. The summed E-state index contributed by atoms with van der Waals surface area (Å²) in [6, 6.07) is 0. The van der Waals surface area contributed by atoms with Gasteiger partial charge in [0, 0.05) is 6.08 Å². The molecule has 7 nitrogen and oxygen atoms in total. The quantitative estimate of drug-likeness (QED) is 0.178. The minimum atomic E-state index is -3.81. The normalized spacial score (nSPS) is 11.6. The Kier molecular flexibility index (Phi) is 13.2. The highest BCUT2D eigenvalue weighted by atomic mass is 32.2. The zero-order valence-corrected chi connectivity index (χ0v) is 15.1. The van der Waals surface area contributed by atoms with Gasteiger partial charge in [0.2, 0.25) is 0 Å². The van der Waals surface area contributed by atoms with Crippen molar-refractivity contribution in [1.82, 2.24) is 0 Å². The van der Waals surface area contributed by atoms with E-state index in [0.29, 0.717) is 13.0 Å². The fraction of sp³-hybridized carbons (Fsp3) is 0.800. The van der Waals surface area contributed by atoms with Gasteiger partial charge in [0.1, 0.15) is 0 Å². The van der Waals surface area contributed by atoms with Crippen LogP contribution in [0.1, 0.15) is 38.5 Å². The maximum Gasteiger partial charge on any atom is 0.330 e. The molecule has 0 bridgehead atoms. The smallest absolute Gasteiger partial charge is 0.330 e. The third-order valence-corrected chi connectivity index (χ3v) is 4.29. The van der Waals surface area contributed by atoms with E-state index in [0.717, 1.165) is 49.7 Å². The molecule has 0 fully saturated rings. The Balaban J connectivity index is 0. The van der Waals surface area contributed by atoms with Gasteiger partial charge in [-0.3, -0.25) is 4.55 Å². The molecule has 0 aliphatic rings. The van der Waals surface area contributed by atoms with Crippen molar-refractivity contribution >= 4 is 16.1 Å². The lowest BCUT2D eigenvalue weighted by molar-refractivity contribution is -0.890. The van der Waals surface area contributed by atoms with E-state index in [1.807, 2.05) is 0 Å². The van der Waals surface area contributed by atoms with Crippen molar-refractivity contribution in [3.63, 3.8) is 0 Å². The molecule has 0 radical (unpaired) electrons. The Bertz CT molecular complexity index is 433. The van der Waals surface area contributed by atoms with Crippen LogP contribution in [-0.4, -0.2) is 68.4 Å². The molecule has 0 aromatic rings. The maximum absolute atomic E-state index is 10.9. The summed E-state index contributed by atoms with van der Waals surface area (Å²) in [5.41, 5.74) is 0. The number of ether oxygens (including phenoxy) is 1. The lowest BCUT2D eigenvalue weighted by atomic mass is 10.2. The first kappa shape index (κ1) is 24.3. The van der Waals surface area contributed by atoms with Crippen LogP contribution in [-0.2, 0) is 19.6 Å². The Labute approximate surface area is 140 Å². The summed E-state index contributed by atoms with van der Waals surface area (Å²) in [5, 5.41) is 0. The number of carbonyl (C=O) groups excluding carboxylic acids is 1. The topological polar surface area (TPSA) is 111 Å². The van der Waals surface area contributed by atoms with Crippen LogP contribution < -0.4 is 0 Å². The number of hydrogen-bond acceptors (Lipinski definition) is 5. The highest BCUT2D eigenvalue weighted by Gasteiger charge is 2.14. The number of carbonyl (C=O) groups is 1. The van der Waals surface area contributed by atoms with Crippen LogP contribution >= 0.6 is 0 Å². The number of quaternary nitrogens is 1. The van der Waals surface area contributed by atoms with Crippen molar-refractivity contribution in [2.75, 3.05) is 39.5 Å². The van der Waals surface area contributed by atoms with E-state index >= 15 is 0 Å². The third kappa shape index (κ3) is 17.2. The Morgan fingerprint density at radius 3 is 2.13 bits per heavy atom. The predicted octanol–water partition coefficient (Wildman–Crippen LogP) is 1.84. The average Bonchev–Trinajstić information content (AvgIpc) is 2.40. The van der Waals surface area contributed by atoms with E-state index in [9.17, 15) is 13.2 Å². The first-order valence-corrected chi connectivity index (χ1v) is 9.33. The molecule has 0 aromatic carbocycles. The summed E-state index contributed by atoms with van der Waals surface area (Å²) in [5.74, 6) is -0.520. The van der Waals surface area contributed by atoms with E-state index in [-0.39, 0.29) is 17.2 Å². The van der Waals surface area contributed by atoms with E-state index in [4.69, 9.17) is 9.29 Å². The van der Waals surface area contributed by atoms with Crippen LogP contribution in [0.5, 0.6) is 0 Å². The van der Waals surface area contributed by atoms with E-state index in [1.54, 1.807) is 0 Å². The van der Waals surface area contributed by atoms with Gasteiger partial charge in [-0.2, -0.15) is 8.42 Å². The zero-order chi connectivity index (χ0) is 17.1. The van der Waals surface area contributed by atoms with Gasteiger partial charge < -0.3 is 14.7 Å². The lowest BCUT2D eigenvalue weighted by Gasteiger charge is -2.29. The second-order valence-electron chi connectivity index (χ2n) is 6.16. The number of esters is 1. The van der Waals surface area contributed by atoms with Crippen LogP contribution in [0.4, 0.5) is 0 Å². The molecule has 0 spiro atoms. The first-order valence-electron chi connectivity index (χ1n) is 7.73. The highest BCUT2D eigenvalue weighted by molar-refractivity contribution is 7.85. The second kappa shape index (κ2) is 12.5. The summed E-state index contributed by atoms with van der Waals surface area (Å²) >= 11 is 0. The summed E-state index contributed by atoms with van der Waals surface area (Å²) in [7, 11) is 0.510. The number of nitrogens with zero attached hydrogens (tertiary/aromatic N) is 1. The van der Waals surface area contributed by atoms with Crippen molar-refractivity contribution in [2.45, 2.75) is 38.5 Å². The molecule has 0 atom stereocenters. The minimum absolute atomic E-state index is 0. The van der Waals surface area contributed by atoms with E-state index in [2.05, 4.69) is 20.7 Å². The summed E-state index contributed by atoms with van der Waals surface area (Å²) < 4.78 is 35.6. The van der Waals surface area contributed by atoms with Crippen LogP contribution in [0.25, 0.3) is 0 Å². The van der Waals surface area contributed by atoms with Gasteiger partial charge in [-0.15, -0.1) is 0 Å². The van der Waals surface area contributed by atoms with Crippen molar-refractivity contribution in [1.29, 1.82) is 0 Å². The summed E-state index contributed by atoms with van der Waals surface area (Å²) in [6.07, 6.45) is 6.33. The van der Waals surface area contributed by atoms with Crippen LogP contribution in [0.2, 0.25) is 0 Å². The standard InChI is InChI=1S/C15H29NO5S.H2O/c1-4-15(17)21-13-9-8-12-16(2,3)11-7-5-6-10-14-22(18,19)20;/h4H,1,5-14H2,2-3H3;1H2. The number of hydrogen-bond donors (Lipinski definition) is 1. The molecule has 0 heterocycles. The monoisotopic (exact) mass is 353 g/mol. The first-order chi connectivity index (χ1) is 10.2. The van der Waals surface area contributed by atoms with Gasteiger partial charge in [0.15, 0.2) is 0 Å². The van der Waals surface area contributed by atoms with E-state index < -0.39 is 10.1 Å². The van der Waals surface area contributed by atoms with Crippen molar-refractivity contribution in [3.05, 3.63) is 12.7 Å². The van der Waals surface area contributed by atoms with Crippen LogP contribution in [0.3, 0.4) is 0 Å². The molecular weight excluding hydrogens is 322 g/mol. The van der Waals surface area contributed by atoms with Gasteiger partial charge in [0.05, 0.1) is 39.5 Å². The minimum Gasteiger partial charge on any atom is -0.870 e. The van der Waals surface area contributed by atoms with Gasteiger partial charge in [-0.05, 0) is 32.1 Å². The lowest BCUT2D eigenvalue weighted by Crippen LogP contribution is -2.41. The molecule has 0 rings (SSSR count). The van der Waals surface area contributed by atoms with Crippen LogP contribution in [0, 0.1) is 0 Å². The zero-order valence-electron chi connectivity index (χ0n) is 14.2. The second-order valence-corrected chi connectivity index (χ2v) is 7.73. The van der Waals surface area contributed by atoms with E-state index in [1.165, 1.54) is 6.08 Å². The SMILES string of the molecule is C=CC(=O)OCCCC[N+](C)(C)CCCCCCS(=O)(=O)O.[OH-]. The Morgan fingerprint density at radius 1 is 1.09 bits per heavy atom. The summed E-state index contributed by atoms with van der Waals surface area (Å²) in [6.45, 7) is 5.81. The van der Waals surface area contributed by atoms with Gasteiger partial charge in [0.25, 0.3) is 10.1 Å². The maximum atomic E-state index is 10.9. The fourth-order valence-corrected chi connectivity index (χ4v) is 2.73. The molecule has 23 heavy (non-hydrogen) atoms. The van der Waals surface area contributed by atoms with Crippen molar-refractivity contribution in [3.8, 4) is 0 Å². The Morgan fingerprint density at radius 2 is 1.61 bits per heavy atom. The average molecular weight is 353 g/mol. The summed E-state index contributed by atoms with van der Waals surface area (Å²) in [4.78, 5) is 10.9. The third-order valence-electron chi connectivity index (χ3n) is 3.48. The predicted molar refractivity (Wildman–Crippen MR) is 89.1 cm³/mol. The molecule has 0 aliphatic heterocycles. The van der Waals surface area contributed by atoms with Gasteiger partial charge >= 0.3 is 5.97 Å². The molecule has 138 valence electrons. The van der Waals surface area contributed by atoms with Crippen molar-refractivity contribution < 1.29 is 32.5 Å². The largest absolute Gasteiger partial charge is 0.870 e. The highest BCUT2D eigenvalue weighted by Crippen LogP contribution is 2.08. The molecule has 0 aromatic heterocycles.